The number of alkyl halides is 3. The maximum Gasteiger partial charge on any atom is 0.402 e. The number of amides is 1. The first-order valence-electron chi connectivity index (χ1n) is 9.60. The first kappa shape index (κ1) is 23.7. The van der Waals surface area contributed by atoms with E-state index < -0.39 is 28.7 Å². The second-order valence-corrected chi connectivity index (χ2v) is 9.34. The van der Waals surface area contributed by atoms with Gasteiger partial charge in [-0.15, -0.1) is 0 Å². The Morgan fingerprint density at radius 3 is 2.38 bits per heavy atom. The Morgan fingerprint density at radius 1 is 1.19 bits per heavy atom. The largest absolute Gasteiger partial charge is 0.402 e. The Balaban J connectivity index is 1.87. The zero-order chi connectivity index (χ0) is 23.8. The number of hydrogen-bond acceptors (Lipinski definition) is 5. The molecule has 8 nitrogen and oxygen atoms in total. The number of hydrogen-bond donors (Lipinski definition) is 2. The van der Waals surface area contributed by atoms with Crippen LogP contribution in [0, 0.1) is 6.92 Å². The zero-order valence-electron chi connectivity index (χ0n) is 17.8. The average Bonchev–Trinajstić information content (AvgIpc) is 2.99. The lowest BCUT2D eigenvalue weighted by Crippen LogP contribution is -2.33. The topological polar surface area (TPSA) is 106 Å². The van der Waals surface area contributed by atoms with Crippen LogP contribution < -0.4 is 10.0 Å². The van der Waals surface area contributed by atoms with Crippen molar-refractivity contribution in [1.29, 1.82) is 0 Å². The fraction of sp³-hybridized carbons (Fsp3) is 0.350. The van der Waals surface area contributed by atoms with E-state index >= 15 is 0 Å². The van der Waals surface area contributed by atoms with E-state index in [9.17, 15) is 26.4 Å². The van der Waals surface area contributed by atoms with Crippen molar-refractivity contribution < 1.29 is 26.4 Å². The minimum atomic E-state index is -4.67. The number of rotatable bonds is 6. The Labute approximate surface area is 182 Å². The smallest absolute Gasteiger partial charge is 0.322 e. The quantitative estimate of drug-likeness (QED) is 0.575. The fourth-order valence-electron chi connectivity index (χ4n) is 3.12. The van der Waals surface area contributed by atoms with Gasteiger partial charge in [0.2, 0.25) is 10.0 Å². The van der Waals surface area contributed by atoms with Gasteiger partial charge in [-0.1, -0.05) is 13.8 Å². The number of aromatic nitrogens is 3. The van der Waals surface area contributed by atoms with Crippen LogP contribution in [-0.4, -0.2) is 41.8 Å². The molecule has 32 heavy (non-hydrogen) atoms. The van der Waals surface area contributed by atoms with E-state index in [1.54, 1.807) is 24.7 Å². The number of carbonyl (C=O) groups is 1. The number of fused-ring (bicyclic) bond motifs is 1. The molecule has 0 fully saturated rings. The number of halogens is 3. The lowest BCUT2D eigenvalue weighted by atomic mass is 10.0. The number of carbonyl (C=O) groups excluding carboxylic acids is 1. The van der Waals surface area contributed by atoms with Gasteiger partial charge in [0.1, 0.15) is 6.54 Å². The van der Waals surface area contributed by atoms with Crippen molar-refractivity contribution in [3.05, 3.63) is 47.3 Å². The SMILES string of the molecule is Cc1nn(C)c2nc(C(C)C)cc(C(=O)Nc3ccc(S(=O)(=O)NCC(F)(F)F)cc3)c12. The Bertz CT molecular complexity index is 1270. The van der Waals surface area contributed by atoms with Gasteiger partial charge in [-0.25, -0.2) is 18.1 Å². The Kier molecular flexibility index (Phi) is 6.29. The van der Waals surface area contributed by atoms with Crippen LogP contribution in [0.5, 0.6) is 0 Å². The summed E-state index contributed by atoms with van der Waals surface area (Å²) in [5.41, 5.74) is 2.56. The number of pyridine rings is 1. The van der Waals surface area contributed by atoms with E-state index in [0.717, 1.165) is 12.1 Å². The molecule has 2 N–H and O–H groups in total. The third kappa shape index (κ3) is 5.07. The molecule has 0 unspecified atom stereocenters. The van der Waals surface area contributed by atoms with Crippen LogP contribution in [0.3, 0.4) is 0 Å². The summed E-state index contributed by atoms with van der Waals surface area (Å²) in [6, 6.07) is 6.53. The van der Waals surface area contributed by atoms with Gasteiger partial charge < -0.3 is 5.32 Å². The van der Waals surface area contributed by atoms with E-state index in [2.05, 4.69) is 15.4 Å². The van der Waals surface area contributed by atoms with Crippen LogP contribution in [-0.2, 0) is 17.1 Å². The number of sulfonamides is 1. The Hall–Kier alpha value is -2.99. The molecular weight excluding hydrogens is 447 g/mol. The van der Waals surface area contributed by atoms with Crippen molar-refractivity contribution in [2.45, 2.75) is 37.8 Å². The number of nitrogens with zero attached hydrogens (tertiary/aromatic N) is 3. The average molecular weight is 469 g/mol. The molecule has 1 aromatic carbocycles. The minimum absolute atomic E-state index is 0.0647. The molecule has 0 spiro atoms. The van der Waals surface area contributed by atoms with E-state index in [0.29, 0.717) is 28.0 Å². The second kappa shape index (κ2) is 8.51. The van der Waals surface area contributed by atoms with E-state index in [1.165, 1.54) is 16.9 Å². The van der Waals surface area contributed by atoms with Gasteiger partial charge in [-0.3, -0.25) is 9.48 Å². The molecule has 0 aliphatic rings. The zero-order valence-corrected chi connectivity index (χ0v) is 18.6. The standard InChI is InChI=1S/C20H22F3N5O3S/c1-11(2)16-9-15(17-12(3)27-28(4)18(17)26-16)19(29)25-13-5-7-14(8-6-13)32(30,31)24-10-20(21,22)23/h5-9,11,24H,10H2,1-4H3,(H,25,29). The molecule has 2 heterocycles. The molecule has 12 heteroatoms. The Morgan fingerprint density at radius 2 is 1.81 bits per heavy atom. The van der Waals surface area contributed by atoms with Crippen LogP contribution in [0.1, 0.15) is 41.5 Å². The molecule has 0 radical (unpaired) electrons. The summed E-state index contributed by atoms with van der Waals surface area (Å²) < 4.78 is 64.0. The highest BCUT2D eigenvalue weighted by atomic mass is 32.2. The molecule has 3 rings (SSSR count). The molecular formula is C20H22F3N5O3S. The molecule has 2 aromatic heterocycles. The van der Waals surface area contributed by atoms with Gasteiger partial charge in [-0.2, -0.15) is 18.3 Å². The molecule has 0 saturated heterocycles. The van der Waals surface area contributed by atoms with Crippen LogP contribution in [0.25, 0.3) is 11.0 Å². The predicted octanol–water partition coefficient (Wildman–Crippen LogP) is 3.49. The van der Waals surface area contributed by atoms with Crippen molar-refractivity contribution in [3.63, 3.8) is 0 Å². The van der Waals surface area contributed by atoms with Crippen molar-refractivity contribution in [2.24, 2.45) is 7.05 Å². The van der Waals surface area contributed by atoms with Gasteiger partial charge in [0.15, 0.2) is 5.65 Å². The van der Waals surface area contributed by atoms with Crippen LogP contribution in [0.2, 0.25) is 0 Å². The van der Waals surface area contributed by atoms with Crippen LogP contribution in [0.15, 0.2) is 35.2 Å². The summed E-state index contributed by atoms with van der Waals surface area (Å²) >= 11 is 0. The van der Waals surface area contributed by atoms with Crippen LogP contribution in [0.4, 0.5) is 18.9 Å². The molecule has 0 bridgehead atoms. The number of nitrogens with one attached hydrogen (secondary N) is 2. The maximum atomic E-state index is 13.0. The van der Waals surface area contributed by atoms with E-state index in [4.69, 9.17) is 0 Å². The number of benzene rings is 1. The van der Waals surface area contributed by atoms with E-state index in [-0.39, 0.29) is 16.5 Å². The van der Waals surface area contributed by atoms with E-state index in [1.807, 2.05) is 13.8 Å². The maximum absolute atomic E-state index is 13.0. The summed E-state index contributed by atoms with van der Waals surface area (Å²) in [5.74, 6) is -0.379. The van der Waals surface area contributed by atoms with Crippen molar-refractivity contribution in [1.82, 2.24) is 19.5 Å². The third-order valence-corrected chi connectivity index (χ3v) is 6.13. The third-order valence-electron chi connectivity index (χ3n) is 4.71. The highest BCUT2D eigenvalue weighted by molar-refractivity contribution is 7.89. The van der Waals surface area contributed by atoms with Crippen LogP contribution >= 0.6 is 0 Å². The molecule has 0 saturated carbocycles. The normalized spacial score (nSPS) is 12.5. The van der Waals surface area contributed by atoms with Gasteiger partial charge >= 0.3 is 6.18 Å². The van der Waals surface area contributed by atoms with Gasteiger partial charge in [0.05, 0.1) is 21.5 Å². The van der Waals surface area contributed by atoms with Gasteiger partial charge in [0.25, 0.3) is 5.91 Å². The van der Waals surface area contributed by atoms with Crippen molar-refractivity contribution >= 4 is 32.7 Å². The predicted molar refractivity (Wildman–Crippen MR) is 113 cm³/mol. The molecule has 3 aromatic rings. The summed E-state index contributed by atoms with van der Waals surface area (Å²) in [6.45, 7) is 3.99. The highest BCUT2D eigenvalue weighted by Crippen LogP contribution is 2.26. The fourth-order valence-corrected chi connectivity index (χ4v) is 4.13. The lowest BCUT2D eigenvalue weighted by Gasteiger charge is -2.12. The number of anilines is 1. The number of aryl methyl sites for hydroxylation is 2. The molecule has 0 aliphatic carbocycles. The first-order chi connectivity index (χ1) is 14.8. The minimum Gasteiger partial charge on any atom is -0.322 e. The van der Waals surface area contributed by atoms with Gasteiger partial charge in [0, 0.05) is 18.4 Å². The first-order valence-corrected chi connectivity index (χ1v) is 11.1. The van der Waals surface area contributed by atoms with Gasteiger partial charge in [-0.05, 0) is 43.2 Å². The summed E-state index contributed by atoms with van der Waals surface area (Å²) in [7, 11) is -2.60. The summed E-state index contributed by atoms with van der Waals surface area (Å²) in [6.07, 6.45) is -4.67. The summed E-state index contributed by atoms with van der Waals surface area (Å²) in [4.78, 5) is 17.3. The highest BCUT2D eigenvalue weighted by Gasteiger charge is 2.30. The molecule has 1 amide bonds. The molecule has 0 atom stereocenters. The van der Waals surface area contributed by atoms with Crippen molar-refractivity contribution in [2.75, 3.05) is 11.9 Å². The monoisotopic (exact) mass is 469 g/mol. The molecule has 172 valence electrons. The van der Waals surface area contributed by atoms with Crippen molar-refractivity contribution in [3.8, 4) is 0 Å². The summed E-state index contributed by atoms with van der Waals surface area (Å²) in [5, 5.41) is 7.63. The second-order valence-electron chi connectivity index (χ2n) is 7.58. The lowest BCUT2D eigenvalue weighted by molar-refractivity contribution is -0.121. The molecule has 0 aliphatic heterocycles.